The lowest BCUT2D eigenvalue weighted by Gasteiger charge is -2.54. The molecule has 4 rings (SSSR count). The van der Waals surface area contributed by atoms with E-state index in [2.05, 4.69) is 0 Å². The molecule has 156 valence electrons. The van der Waals surface area contributed by atoms with Crippen molar-refractivity contribution in [3.8, 4) is 0 Å². The molecule has 0 saturated heterocycles. The minimum atomic E-state index is -0.601. The van der Waals surface area contributed by atoms with Gasteiger partial charge in [0.15, 0.2) is 0 Å². The molecular weight excluding hydrogens is 340 g/mol. The van der Waals surface area contributed by atoms with E-state index in [9.17, 15) is 10.2 Å². The molecule has 0 bridgehead atoms. The molecular formula is C23H40O4. The second-order valence-corrected chi connectivity index (χ2v) is 9.93. The van der Waals surface area contributed by atoms with Crippen LogP contribution < -0.4 is 0 Å². The largest absolute Gasteiger partial charge is 0.387 e. The summed E-state index contributed by atoms with van der Waals surface area (Å²) in [6.07, 6.45) is 17.7. The Balaban J connectivity index is 1.30. The van der Waals surface area contributed by atoms with Crippen LogP contribution in [0, 0.1) is 0 Å². The Morgan fingerprint density at radius 3 is 1.11 bits per heavy atom. The minimum absolute atomic E-state index is 0.307. The van der Waals surface area contributed by atoms with Gasteiger partial charge in [0, 0.05) is 13.2 Å². The van der Waals surface area contributed by atoms with Crippen molar-refractivity contribution in [1.82, 2.24) is 0 Å². The Kier molecular flexibility index (Phi) is 5.91. The lowest BCUT2D eigenvalue weighted by molar-refractivity contribution is -0.236. The lowest BCUT2D eigenvalue weighted by Crippen LogP contribution is -2.60. The minimum Gasteiger partial charge on any atom is -0.387 e. The van der Waals surface area contributed by atoms with E-state index in [1.807, 2.05) is 0 Å². The summed E-state index contributed by atoms with van der Waals surface area (Å²) in [5, 5.41) is 22.4. The molecule has 4 aliphatic carbocycles. The van der Waals surface area contributed by atoms with E-state index in [1.54, 1.807) is 0 Å². The molecule has 0 heterocycles. The van der Waals surface area contributed by atoms with E-state index in [-0.39, 0.29) is 11.2 Å². The van der Waals surface area contributed by atoms with Crippen molar-refractivity contribution in [1.29, 1.82) is 0 Å². The zero-order valence-corrected chi connectivity index (χ0v) is 17.1. The molecule has 0 aromatic rings. The molecule has 4 heteroatoms. The SMILES string of the molecule is OC12CCCCC1(OCCCOC13CCCCC1(O)CCCC3)CCCC2. The van der Waals surface area contributed by atoms with Gasteiger partial charge in [-0.3, -0.25) is 0 Å². The number of hydrogen-bond acceptors (Lipinski definition) is 4. The van der Waals surface area contributed by atoms with Crippen molar-refractivity contribution >= 4 is 0 Å². The van der Waals surface area contributed by atoms with Crippen LogP contribution in [0.5, 0.6) is 0 Å². The molecule has 4 saturated carbocycles. The molecule has 2 N–H and O–H groups in total. The Hall–Kier alpha value is -0.160. The zero-order chi connectivity index (χ0) is 18.8. The van der Waals surface area contributed by atoms with Gasteiger partial charge in [-0.15, -0.1) is 0 Å². The monoisotopic (exact) mass is 380 g/mol. The van der Waals surface area contributed by atoms with Crippen molar-refractivity contribution in [3.63, 3.8) is 0 Å². The average molecular weight is 381 g/mol. The Labute approximate surface area is 165 Å². The van der Waals surface area contributed by atoms with Gasteiger partial charge < -0.3 is 19.7 Å². The zero-order valence-electron chi connectivity index (χ0n) is 17.1. The third-order valence-corrected chi connectivity index (χ3v) is 8.43. The standard InChI is InChI=1S/C23H40O4/c24-20-10-1-5-14-22(20,15-6-2-11-20)26-18-9-19-27-23-16-7-3-12-21(23,25)13-4-8-17-23/h24-25H,1-19H2. The molecule has 0 aliphatic heterocycles. The van der Waals surface area contributed by atoms with Gasteiger partial charge in [0.2, 0.25) is 0 Å². The van der Waals surface area contributed by atoms with Crippen molar-refractivity contribution in [2.45, 2.75) is 132 Å². The smallest absolute Gasteiger partial charge is 0.0968 e. The molecule has 0 aromatic carbocycles. The maximum Gasteiger partial charge on any atom is 0.0968 e. The normalized spacial score (nSPS) is 45.1. The Morgan fingerprint density at radius 1 is 0.481 bits per heavy atom. The molecule has 4 fully saturated rings. The predicted molar refractivity (Wildman–Crippen MR) is 106 cm³/mol. The van der Waals surface area contributed by atoms with E-state index < -0.39 is 11.2 Å². The van der Waals surface area contributed by atoms with Crippen LogP contribution in [0.2, 0.25) is 0 Å². The molecule has 0 atom stereocenters. The third-order valence-electron chi connectivity index (χ3n) is 8.43. The van der Waals surface area contributed by atoms with Gasteiger partial charge in [-0.1, -0.05) is 51.4 Å². The first-order valence-corrected chi connectivity index (χ1v) is 11.8. The fourth-order valence-electron chi connectivity index (χ4n) is 6.81. The Bertz CT molecular complexity index is 435. The fraction of sp³-hybridized carbons (Fsp3) is 1.00. The van der Waals surface area contributed by atoms with Crippen molar-refractivity contribution in [2.24, 2.45) is 0 Å². The summed E-state index contributed by atoms with van der Waals surface area (Å²) in [7, 11) is 0. The number of ether oxygens (including phenoxy) is 2. The maximum absolute atomic E-state index is 11.2. The highest BCUT2D eigenvalue weighted by Gasteiger charge is 2.55. The second-order valence-electron chi connectivity index (χ2n) is 9.93. The van der Waals surface area contributed by atoms with Gasteiger partial charge in [0.1, 0.15) is 0 Å². The van der Waals surface area contributed by atoms with Crippen molar-refractivity contribution in [3.05, 3.63) is 0 Å². The van der Waals surface area contributed by atoms with Gasteiger partial charge in [0.25, 0.3) is 0 Å². The van der Waals surface area contributed by atoms with Crippen LogP contribution in [-0.4, -0.2) is 45.8 Å². The molecule has 0 amide bonds. The highest BCUT2D eigenvalue weighted by molar-refractivity contribution is 5.07. The van der Waals surface area contributed by atoms with E-state index >= 15 is 0 Å². The van der Waals surface area contributed by atoms with E-state index in [0.29, 0.717) is 13.2 Å². The summed E-state index contributed by atoms with van der Waals surface area (Å²) in [5.74, 6) is 0. The maximum atomic E-state index is 11.2. The number of rotatable bonds is 6. The summed E-state index contributed by atoms with van der Waals surface area (Å²) in [6.45, 7) is 1.33. The topological polar surface area (TPSA) is 58.9 Å². The van der Waals surface area contributed by atoms with Crippen LogP contribution in [0.15, 0.2) is 0 Å². The molecule has 0 unspecified atom stereocenters. The van der Waals surface area contributed by atoms with E-state index in [4.69, 9.17) is 9.47 Å². The number of hydrogen-bond donors (Lipinski definition) is 2. The lowest BCUT2D eigenvalue weighted by atomic mass is 9.64. The fourth-order valence-corrected chi connectivity index (χ4v) is 6.81. The first-order chi connectivity index (χ1) is 13.0. The molecule has 0 radical (unpaired) electrons. The quantitative estimate of drug-likeness (QED) is 0.659. The van der Waals surface area contributed by atoms with Crippen LogP contribution in [-0.2, 0) is 9.47 Å². The van der Waals surface area contributed by atoms with Gasteiger partial charge in [-0.05, 0) is 57.8 Å². The first-order valence-electron chi connectivity index (χ1n) is 11.8. The van der Waals surface area contributed by atoms with Crippen molar-refractivity contribution in [2.75, 3.05) is 13.2 Å². The third kappa shape index (κ3) is 3.60. The van der Waals surface area contributed by atoms with Gasteiger partial charge in [0.05, 0.1) is 22.4 Å². The van der Waals surface area contributed by atoms with E-state index in [0.717, 1.165) is 83.5 Å². The van der Waals surface area contributed by atoms with Gasteiger partial charge in [-0.25, -0.2) is 0 Å². The predicted octanol–water partition coefficient (Wildman–Crippen LogP) is 4.65. The second kappa shape index (κ2) is 7.93. The summed E-state index contributed by atoms with van der Waals surface area (Å²) in [4.78, 5) is 0. The number of aliphatic hydroxyl groups is 2. The molecule has 4 nitrogen and oxygen atoms in total. The number of fused-ring (bicyclic) bond motifs is 2. The first kappa shape index (κ1) is 20.1. The van der Waals surface area contributed by atoms with Crippen LogP contribution in [0.4, 0.5) is 0 Å². The molecule has 0 aromatic heterocycles. The van der Waals surface area contributed by atoms with Crippen LogP contribution in [0.25, 0.3) is 0 Å². The van der Waals surface area contributed by atoms with Crippen LogP contribution >= 0.6 is 0 Å². The Morgan fingerprint density at radius 2 is 0.778 bits per heavy atom. The molecule has 4 aliphatic rings. The molecule has 0 spiro atoms. The summed E-state index contributed by atoms with van der Waals surface area (Å²) in [6, 6.07) is 0. The summed E-state index contributed by atoms with van der Waals surface area (Å²) >= 11 is 0. The van der Waals surface area contributed by atoms with Crippen LogP contribution in [0.1, 0.15) is 109 Å². The average Bonchev–Trinajstić information content (AvgIpc) is 2.67. The summed E-state index contributed by atoms with van der Waals surface area (Å²) in [5.41, 5.74) is -1.82. The van der Waals surface area contributed by atoms with Crippen molar-refractivity contribution < 1.29 is 19.7 Å². The molecule has 27 heavy (non-hydrogen) atoms. The van der Waals surface area contributed by atoms with Gasteiger partial charge >= 0.3 is 0 Å². The highest BCUT2D eigenvalue weighted by Crippen LogP contribution is 2.50. The van der Waals surface area contributed by atoms with Gasteiger partial charge in [-0.2, -0.15) is 0 Å². The van der Waals surface area contributed by atoms with Crippen LogP contribution in [0.3, 0.4) is 0 Å². The highest BCUT2D eigenvalue weighted by atomic mass is 16.5. The van der Waals surface area contributed by atoms with E-state index in [1.165, 1.54) is 25.7 Å². The summed E-state index contributed by atoms with van der Waals surface area (Å²) < 4.78 is 12.9.